The van der Waals surface area contributed by atoms with Gasteiger partial charge in [-0.1, -0.05) is 104 Å². The van der Waals surface area contributed by atoms with E-state index in [1.165, 1.54) is 6.92 Å². The summed E-state index contributed by atoms with van der Waals surface area (Å²) in [7, 11) is 0. The van der Waals surface area contributed by atoms with Crippen molar-refractivity contribution < 1.29 is 85.7 Å². The van der Waals surface area contributed by atoms with Crippen LogP contribution in [0.4, 0.5) is 14.0 Å². The second-order valence-electron chi connectivity index (χ2n) is 37.2. The molecule has 6 aliphatic heterocycles. The first-order chi connectivity index (χ1) is 53.8. The highest BCUT2D eigenvalue weighted by molar-refractivity contribution is 6.08. The van der Waals surface area contributed by atoms with Crippen LogP contribution in [0.1, 0.15) is 249 Å². The highest BCUT2D eigenvalue weighted by atomic mass is 19.1. The molecule has 0 aliphatic carbocycles. The van der Waals surface area contributed by atoms with E-state index >= 15 is 4.39 Å². The van der Waals surface area contributed by atoms with Gasteiger partial charge in [-0.2, -0.15) is 0 Å². The Morgan fingerprint density at radius 3 is 1.44 bits per heavy atom. The SMILES string of the molecule is CC[C@H]1OC(=O)[C@@](C)(F)C(=O)[C@H](C)[C@@H](OC2O[C@H](C)C[C@H](C)[C@H]2O)C(C)(C)C[C@@H](C)C(=O)C[C@H]2N(CCCC(C)(C)n3cnc(-c4cccnc4)c3)C(=O)O[C@]12CC.CC[C@H]1OC(=O)[C@H](C)C(=O)[C@H](C)[C@@H](OC2O[C@H](C)C[C@H](C)[C@H]2C)C(C)(C)C[C@@H](C)C(=O)C[C@H]2N(CCCC(C)(C)n3cnc(-c4cccnc4)c3)C(=O)O[C@]12CC. The molecule has 26 heteroatoms. The van der Waals surface area contributed by atoms with Gasteiger partial charge in [0.1, 0.15) is 35.8 Å². The third-order valence-corrected chi connectivity index (χ3v) is 26.6. The van der Waals surface area contributed by atoms with Crippen LogP contribution in [-0.4, -0.2) is 189 Å². The van der Waals surface area contributed by atoms with Gasteiger partial charge in [0, 0.05) is 115 Å². The number of imidazole rings is 2. The zero-order chi connectivity index (χ0) is 85.0. The Morgan fingerprint density at radius 1 is 0.583 bits per heavy atom. The van der Waals surface area contributed by atoms with Crippen molar-refractivity contribution in [2.75, 3.05) is 13.1 Å². The molecule has 6 fully saturated rings. The van der Waals surface area contributed by atoms with Crippen molar-refractivity contribution in [3.8, 4) is 22.5 Å². The maximum Gasteiger partial charge on any atom is 0.410 e. The van der Waals surface area contributed by atoms with Crippen LogP contribution in [0.15, 0.2) is 74.1 Å². The standard InChI is InChI=1S/C45H68N4O8.C44H65FN4O9/c1-13-37-45(14-2)36(49(42(53)57-45)20-16-18-44(11,12)48-25-34(47-26-48)33-17-15-19-46-24-33)22-35(50)28(4)23-43(9,10)39(31(7)38(51)32(8)40(52)55-37)56-41-30(6)27(3)21-29(5)54-41;1-12-34-44(13-2)33(49(40(54)58-44)19-15-17-42(9,10)48-24-31(47-25-48)30-16-14-18-46-23-30)21-32(50)27(4)22-41(7,8)37(29(6)36(52)43(11,45)39(53)56-34)57-38-35(51)26(3)20-28(5)55-38/h15,17,19,24-32,36-37,39,41H,13-14,16,18,20-23H2,1-12H3;14,16,18,23-29,33-35,37-38,51H,12-13,15,17,19-22H2,1-11H3/t27-,28+,29+,30+,31-,32+,36+,37+,39+,41?,45-;26-,27+,28+,29-,33+,34+,35+,37+,38?,43-,44-/m00/s1. The summed E-state index contributed by atoms with van der Waals surface area (Å²) in [6.07, 6.45) is 12.2. The van der Waals surface area contributed by atoms with E-state index in [9.17, 15) is 43.5 Å². The molecule has 115 heavy (non-hydrogen) atoms. The number of carbonyl (C=O) groups is 8. The number of ether oxygens (including phenoxy) is 8. The van der Waals surface area contributed by atoms with Gasteiger partial charge in [-0.15, -0.1) is 0 Å². The minimum absolute atomic E-state index is 0.00503. The summed E-state index contributed by atoms with van der Waals surface area (Å²) in [5.74, 6) is -7.38. The summed E-state index contributed by atoms with van der Waals surface area (Å²) in [5.41, 5.74) is -4.82. The lowest BCUT2D eigenvalue weighted by Crippen LogP contribution is -2.58. The fourth-order valence-electron chi connectivity index (χ4n) is 19.2. The Labute approximate surface area is 681 Å². The van der Waals surface area contributed by atoms with Crippen molar-refractivity contribution in [2.45, 2.75) is 344 Å². The van der Waals surface area contributed by atoms with Crippen LogP contribution in [0, 0.1) is 58.2 Å². The summed E-state index contributed by atoms with van der Waals surface area (Å²) in [6.45, 7) is 43.6. The van der Waals surface area contributed by atoms with E-state index < -0.39 is 148 Å². The van der Waals surface area contributed by atoms with E-state index in [-0.39, 0.29) is 85.6 Å². The topological polar surface area (TPSA) is 299 Å². The van der Waals surface area contributed by atoms with Crippen LogP contribution >= 0.6 is 0 Å². The van der Waals surface area contributed by atoms with E-state index in [2.05, 4.69) is 66.0 Å². The molecule has 25 nitrogen and oxygen atoms in total. The number of fused-ring (bicyclic) bond motifs is 2. The monoisotopic (exact) mass is 1600 g/mol. The van der Waals surface area contributed by atoms with Crippen LogP contribution in [0.2, 0.25) is 0 Å². The molecule has 0 spiro atoms. The average molecular weight is 1610 g/mol. The van der Waals surface area contributed by atoms with E-state index in [1.54, 1.807) is 68.6 Å². The molecular formula is C89H133FN8O17. The Kier molecular flexibility index (Phi) is 29.3. The summed E-state index contributed by atoms with van der Waals surface area (Å²) in [6, 6.07) is 6.12. The molecule has 6 saturated heterocycles. The summed E-state index contributed by atoms with van der Waals surface area (Å²) < 4.78 is 71.2. The third kappa shape index (κ3) is 19.8. The number of ketones is 4. The van der Waals surface area contributed by atoms with Gasteiger partial charge in [-0.05, 0) is 179 Å². The Morgan fingerprint density at radius 2 is 1.01 bits per heavy atom. The number of carbonyl (C=O) groups excluding carboxylic acids is 8. The zero-order valence-corrected chi connectivity index (χ0v) is 72.6. The van der Waals surface area contributed by atoms with E-state index in [1.807, 2.05) is 124 Å². The minimum Gasteiger partial charge on any atom is -0.457 e. The van der Waals surface area contributed by atoms with Crippen LogP contribution < -0.4 is 0 Å². The molecule has 2 amide bonds. The number of esters is 2. The second-order valence-corrected chi connectivity index (χ2v) is 37.2. The molecule has 10 rings (SSSR count). The van der Waals surface area contributed by atoms with Crippen molar-refractivity contribution in [3.05, 3.63) is 74.1 Å². The maximum atomic E-state index is 16.8. The Balaban J connectivity index is 0.000000263. The number of halogens is 1. The number of rotatable bonds is 20. The number of amides is 2. The summed E-state index contributed by atoms with van der Waals surface area (Å²) >= 11 is 0. The van der Waals surface area contributed by atoms with Gasteiger partial charge < -0.3 is 61.9 Å². The van der Waals surface area contributed by atoms with Crippen LogP contribution in [0.5, 0.6) is 0 Å². The Bertz CT molecular complexity index is 4010. The molecule has 22 atom stereocenters. The quantitative estimate of drug-likeness (QED) is 0.0488. The van der Waals surface area contributed by atoms with Gasteiger partial charge in [0.2, 0.25) is 0 Å². The maximum absolute atomic E-state index is 16.8. The van der Waals surface area contributed by atoms with Crippen molar-refractivity contribution in [3.63, 3.8) is 0 Å². The van der Waals surface area contributed by atoms with Gasteiger partial charge in [-0.3, -0.25) is 33.9 Å². The average Bonchev–Trinajstić information content (AvgIpc) is 1.61. The molecule has 0 bridgehead atoms. The van der Waals surface area contributed by atoms with Gasteiger partial charge in [0.05, 0.1) is 60.5 Å². The number of hydrogen-bond donors (Lipinski definition) is 1. The summed E-state index contributed by atoms with van der Waals surface area (Å²) in [5, 5.41) is 11.1. The number of aromatic nitrogens is 6. The summed E-state index contributed by atoms with van der Waals surface area (Å²) in [4.78, 5) is 134. The van der Waals surface area contributed by atoms with Crippen molar-refractivity contribution >= 4 is 47.3 Å². The van der Waals surface area contributed by atoms with Crippen LogP contribution in [0.3, 0.4) is 0 Å². The lowest BCUT2D eigenvalue weighted by molar-refractivity contribution is -0.284. The molecule has 0 radical (unpaired) electrons. The number of alkyl halides is 1. The lowest BCUT2D eigenvalue weighted by atomic mass is 9.70. The number of cyclic esters (lactones) is 2. The molecule has 4 aromatic heterocycles. The molecule has 1 N–H and O–H groups in total. The highest BCUT2D eigenvalue weighted by Gasteiger charge is 2.63. The van der Waals surface area contributed by atoms with E-state index in [0.717, 1.165) is 35.9 Å². The number of nitrogens with zero attached hydrogens (tertiary/aromatic N) is 8. The molecule has 10 heterocycles. The largest absolute Gasteiger partial charge is 0.457 e. The zero-order valence-electron chi connectivity index (χ0n) is 72.6. The van der Waals surface area contributed by atoms with Crippen LogP contribution in [0.25, 0.3) is 22.5 Å². The smallest absolute Gasteiger partial charge is 0.410 e. The van der Waals surface area contributed by atoms with Gasteiger partial charge in [0.15, 0.2) is 35.3 Å². The third-order valence-electron chi connectivity index (χ3n) is 26.6. The predicted octanol–water partition coefficient (Wildman–Crippen LogP) is 15.6. The van der Waals surface area contributed by atoms with E-state index in [4.69, 9.17) is 37.9 Å². The van der Waals surface area contributed by atoms with Gasteiger partial charge >= 0.3 is 24.1 Å². The first kappa shape index (κ1) is 91.5. The highest BCUT2D eigenvalue weighted by Crippen LogP contribution is 2.49. The Hall–Kier alpha value is -7.39. The molecule has 0 aromatic carbocycles. The van der Waals surface area contributed by atoms with E-state index in [0.29, 0.717) is 63.8 Å². The van der Waals surface area contributed by atoms with Crippen molar-refractivity contribution in [1.82, 2.24) is 38.9 Å². The van der Waals surface area contributed by atoms with Gasteiger partial charge in [0.25, 0.3) is 5.67 Å². The molecule has 2 unspecified atom stereocenters. The first-order valence-corrected chi connectivity index (χ1v) is 42.3. The lowest BCUT2D eigenvalue weighted by Gasteiger charge is -2.45. The predicted molar refractivity (Wildman–Crippen MR) is 431 cm³/mol. The fourth-order valence-corrected chi connectivity index (χ4v) is 19.2. The fraction of sp³-hybridized carbons (Fsp3) is 0.730. The molecule has 638 valence electrons. The van der Waals surface area contributed by atoms with Crippen molar-refractivity contribution in [2.24, 2.45) is 58.2 Å². The molecule has 0 saturated carbocycles. The van der Waals surface area contributed by atoms with Gasteiger partial charge in [-0.25, -0.2) is 28.7 Å². The molecule has 4 aromatic rings. The number of aliphatic hydroxyl groups excluding tert-OH is 1. The minimum atomic E-state index is -3.11. The molecular weight excluding hydrogens is 1470 g/mol. The second kappa shape index (κ2) is 36.9. The normalized spacial score (nSPS) is 34.8. The van der Waals surface area contributed by atoms with Crippen LogP contribution in [-0.2, 0) is 77.7 Å². The number of pyridine rings is 2. The first-order valence-electron chi connectivity index (χ1n) is 42.3. The van der Waals surface area contributed by atoms with Crippen molar-refractivity contribution in [1.29, 1.82) is 0 Å². The molecule has 6 aliphatic rings. The number of hydrogen-bond acceptors (Lipinski definition) is 21. The number of aliphatic hydroxyl groups is 1. The number of Topliss-reactive ketones (excluding diaryl/α,β-unsaturated/α-hetero) is 4.